The van der Waals surface area contributed by atoms with Crippen molar-refractivity contribution < 1.29 is 14.7 Å². The first-order valence-electron chi connectivity index (χ1n) is 7.20. The number of oxime groups is 1. The van der Waals surface area contributed by atoms with Crippen molar-refractivity contribution in [2.75, 3.05) is 13.1 Å². The number of carbonyl (C=O) groups is 1. The summed E-state index contributed by atoms with van der Waals surface area (Å²) in [5.41, 5.74) is 0.833. The van der Waals surface area contributed by atoms with Gasteiger partial charge in [0.2, 0.25) is 6.10 Å². The highest BCUT2D eigenvalue weighted by atomic mass is 16.6. The summed E-state index contributed by atoms with van der Waals surface area (Å²) in [5.74, 6) is -0.130. The lowest BCUT2D eigenvalue weighted by atomic mass is 10.0. The molecule has 0 aromatic heterocycles. The van der Waals surface area contributed by atoms with Crippen LogP contribution < -0.4 is 0 Å². The summed E-state index contributed by atoms with van der Waals surface area (Å²) in [4.78, 5) is 19.3. The highest BCUT2D eigenvalue weighted by Gasteiger charge is 2.33. The fourth-order valence-corrected chi connectivity index (χ4v) is 2.33. The van der Waals surface area contributed by atoms with Gasteiger partial charge in [-0.25, -0.2) is 0 Å². The average Bonchev–Trinajstić information content (AvgIpc) is 2.94. The van der Waals surface area contributed by atoms with Crippen LogP contribution in [0.2, 0.25) is 0 Å². The molecule has 1 aliphatic rings. The Morgan fingerprint density at radius 2 is 2.10 bits per heavy atom. The van der Waals surface area contributed by atoms with Crippen molar-refractivity contribution in [1.29, 1.82) is 0 Å². The van der Waals surface area contributed by atoms with Crippen LogP contribution in [0.1, 0.15) is 32.8 Å². The molecule has 0 spiro atoms. The Bertz CT molecular complexity index is 520. The van der Waals surface area contributed by atoms with E-state index in [0.29, 0.717) is 13.0 Å². The van der Waals surface area contributed by atoms with Crippen LogP contribution in [0, 0.1) is 0 Å². The van der Waals surface area contributed by atoms with E-state index < -0.39 is 11.7 Å². The Labute approximate surface area is 125 Å². The van der Waals surface area contributed by atoms with Crippen molar-refractivity contribution in [3.63, 3.8) is 0 Å². The van der Waals surface area contributed by atoms with E-state index in [4.69, 9.17) is 4.84 Å². The second-order valence-electron chi connectivity index (χ2n) is 5.87. The molecule has 5 nitrogen and oxygen atoms in total. The van der Waals surface area contributed by atoms with Crippen molar-refractivity contribution in [3.8, 4) is 0 Å². The maximum Gasteiger partial charge on any atom is 0.266 e. The van der Waals surface area contributed by atoms with Gasteiger partial charge in [-0.2, -0.15) is 0 Å². The molecule has 0 bridgehead atoms. The van der Waals surface area contributed by atoms with Crippen molar-refractivity contribution in [2.45, 2.75) is 38.9 Å². The van der Waals surface area contributed by atoms with Gasteiger partial charge in [0.05, 0.1) is 11.3 Å². The first-order chi connectivity index (χ1) is 9.90. The van der Waals surface area contributed by atoms with E-state index in [-0.39, 0.29) is 12.5 Å². The highest BCUT2D eigenvalue weighted by Crippen LogP contribution is 2.19. The second-order valence-corrected chi connectivity index (χ2v) is 5.87. The molecule has 0 saturated heterocycles. The molecule has 0 radical (unpaired) electrons. The zero-order chi connectivity index (χ0) is 15.5. The fraction of sp³-hybridized carbons (Fsp3) is 0.500. The van der Waals surface area contributed by atoms with Gasteiger partial charge in [0.25, 0.3) is 5.91 Å². The largest absolute Gasteiger partial charge is 0.389 e. The molecule has 114 valence electrons. The normalized spacial score (nSPS) is 18.1. The Morgan fingerprint density at radius 3 is 2.67 bits per heavy atom. The fourth-order valence-electron chi connectivity index (χ4n) is 2.33. The van der Waals surface area contributed by atoms with Gasteiger partial charge in [-0.05, 0) is 26.3 Å². The molecule has 1 heterocycles. The van der Waals surface area contributed by atoms with Gasteiger partial charge in [-0.3, -0.25) is 4.79 Å². The van der Waals surface area contributed by atoms with Crippen LogP contribution in [0.15, 0.2) is 35.5 Å². The van der Waals surface area contributed by atoms with Crippen LogP contribution in [0.5, 0.6) is 0 Å². The number of hydrogen-bond acceptors (Lipinski definition) is 4. The summed E-state index contributed by atoms with van der Waals surface area (Å²) in [6.07, 6.45) is -0.131. The zero-order valence-corrected chi connectivity index (χ0v) is 12.7. The summed E-state index contributed by atoms with van der Waals surface area (Å²) >= 11 is 0. The van der Waals surface area contributed by atoms with E-state index in [1.54, 1.807) is 18.7 Å². The molecule has 21 heavy (non-hydrogen) atoms. The van der Waals surface area contributed by atoms with E-state index in [1.165, 1.54) is 0 Å². The lowest BCUT2D eigenvalue weighted by Crippen LogP contribution is -2.46. The molecule has 0 fully saturated rings. The number of rotatable bonds is 5. The topological polar surface area (TPSA) is 62.1 Å². The molecule has 1 amide bonds. The molecule has 1 N–H and O–H groups in total. The molecule has 0 saturated carbocycles. The number of nitrogens with zero attached hydrogens (tertiary/aromatic N) is 2. The van der Waals surface area contributed by atoms with Gasteiger partial charge in [0.1, 0.15) is 0 Å². The van der Waals surface area contributed by atoms with E-state index in [2.05, 4.69) is 5.16 Å². The minimum atomic E-state index is -0.923. The van der Waals surface area contributed by atoms with Crippen molar-refractivity contribution in [2.24, 2.45) is 5.16 Å². The molecule has 0 aliphatic carbocycles. The summed E-state index contributed by atoms with van der Waals surface area (Å²) < 4.78 is 0. The standard InChI is InChI=1S/C16H22N2O3/c1-4-18(11-16(2,3)20)15(19)14-10-13(17-21-14)12-8-6-5-7-9-12/h5-9,14,20H,4,10-11H2,1-3H3. The van der Waals surface area contributed by atoms with Crippen LogP contribution in [0.4, 0.5) is 0 Å². The minimum absolute atomic E-state index is 0.130. The van der Waals surface area contributed by atoms with Crippen LogP contribution in [0.3, 0.4) is 0 Å². The van der Waals surface area contributed by atoms with Gasteiger partial charge in [0, 0.05) is 19.5 Å². The third-order valence-electron chi connectivity index (χ3n) is 3.32. The molecule has 1 aromatic carbocycles. The molecule has 1 aromatic rings. The summed E-state index contributed by atoms with van der Waals surface area (Å²) in [6, 6.07) is 9.69. The third kappa shape index (κ3) is 4.04. The molecule has 1 atom stereocenters. The van der Waals surface area contributed by atoms with Crippen LogP contribution in [-0.2, 0) is 9.63 Å². The number of amides is 1. The van der Waals surface area contributed by atoms with E-state index in [0.717, 1.165) is 11.3 Å². The number of aliphatic hydroxyl groups is 1. The Hall–Kier alpha value is -1.88. The summed E-state index contributed by atoms with van der Waals surface area (Å²) in [7, 11) is 0. The quantitative estimate of drug-likeness (QED) is 0.899. The smallest absolute Gasteiger partial charge is 0.266 e. The van der Waals surface area contributed by atoms with Crippen molar-refractivity contribution in [3.05, 3.63) is 35.9 Å². The van der Waals surface area contributed by atoms with Gasteiger partial charge in [-0.15, -0.1) is 0 Å². The highest BCUT2D eigenvalue weighted by molar-refractivity contribution is 6.04. The maximum absolute atomic E-state index is 12.4. The first kappa shape index (κ1) is 15.5. The molecular formula is C16H22N2O3. The summed E-state index contributed by atoms with van der Waals surface area (Å²) in [5, 5.41) is 13.9. The van der Waals surface area contributed by atoms with Crippen LogP contribution >= 0.6 is 0 Å². The van der Waals surface area contributed by atoms with Gasteiger partial charge >= 0.3 is 0 Å². The Morgan fingerprint density at radius 1 is 1.43 bits per heavy atom. The van der Waals surface area contributed by atoms with E-state index >= 15 is 0 Å². The molecular weight excluding hydrogens is 268 g/mol. The second kappa shape index (κ2) is 6.26. The van der Waals surface area contributed by atoms with E-state index in [1.807, 2.05) is 37.3 Å². The maximum atomic E-state index is 12.4. The van der Waals surface area contributed by atoms with Crippen LogP contribution in [-0.4, -0.2) is 46.4 Å². The number of carbonyl (C=O) groups excluding carboxylic acids is 1. The summed E-state index contributed by atoms with van der Waals surface area (Å²) in [6.45, 7) is 6.07. The molecule has 5 heteroatoms. The van der Waals surface area contributed by atoms with Crippen LogP contribution in [0.25, 0.3) is 0 Å². The molecule has 2 rings (SSSR count). The molecule has 1 unspecified atom stereocenters. The van der Waals surface area contributed by atoms with Gasteiger partial charge < -0.3 is 14.8 Å². The monoisotopic (exact) mass is 290 g/mol. The predicted molar refractivity (Wildman–Crippen MR) is 81.0 cm³/mol. The lowest BCUT2D eigenvalue weighted by Gasteiger charge is -2.29. The Balaban J connectivity index is 2.00. The number of hydrogen-bond donors (Lipinski definition) is 1. The molecule has 1 aliphatic heterocycles. The lowest BCUT2D eigenvalue weighted by molar-refractivity contribution is -0.144. The van der Waals surface area contributed by atoms with Crippen molar-refractivity contribution >= 4 is 11.6 Å². The minimum Gasteiger partial charge on any atom is -0.389 e. The number of benzene rings is 1. The average molecular weight is 290 g/mol. The number of likely N-dealkylation sites (N-methyl/N-ethyl adjacent to an activating group) is 1. The van der Waals surface area contributed by atoms with E-state index in [9.17, 15) is 9.90 Å². The van der Waals surface area contributed by atoms with Crippen molar-refractivity contribution in [1.82, 2.24) is 4.90 Å². The zero-order valence-electron chi connectivity index (χ0n) is 12.7. The first-order valence-corrected chi connectivity index (χ1v) is 7.20. The predicted octanol–water partition coefficient (Wildman–Crippen LogP) is 1.80. The SMILES string of the molecule is CCN(CC(C)(C)O)C(=O)C1CC(c2ccccc2)=NO1. The Kier molecular flexibility index (Phi) is 4.63. The van der Waals surface area contributed by atoms with Gasteiger partial charge in [0.15, 0.2) is 0 Å². The third-order valence-corrected chi connectivity index (χ3v) is 3.32. The van der Waals surface area contributed by atoms with Gasteiger partial charge in [-0.1, -0.05) is 35.5 Å².